The molecule has 1 atom stereocenters. The molecule has 0 amide bonds. The van der Waals surface area contributed by atoms with Gasteiger partial charge in [0, 0.05) is 49.2 Å². The zero-order valence-corrected chi connectivity index (χ0v) is 14.3. The maximum atomic E-state index is 4.67. The van der Waals surface area contributed by atoms with Crippen molar-refractivity contribution >= 4 is 5.82 Å². The predicted molar refractivity (Wildman–Crippen MR) is 94.5 cm³/mol. The summed E-state index contributed by atoms with van der Waals surface area (Å²) in [5.74, 6) is 2.50. The van der Waals surface area contributed by atoms with Crippen LogP contribution in [0.2, 0.25) is 0 Å². The van der Waals surface area contributed by atoms with Crippen LogP contribution in [0.3, 0.4) is 0 Å². The quantitative estimate of drug-likeness (QED) is 0.752. The Morgan fingerprint density at radius 1 is 1.25 bits per heavy atom. The number of rotatable bonds is 6. The van der Waals surface area contributed by atoms with Crippen LogP contribution in [-0.4, -0.2) is 24.5 Å². The van der Waals surface area contributed by atoms with E-state index in [1.807, 2.05) is 49.1 Å². The number of imidazole rings is 1. The highest BCUT2D eigenvalue weighted by molar-refractivity contribution is 5.56. The molecule has 3 rings (SSSR count). The summed E-state index contributed by atoms with van der Waals surface area (Å²) in [5.41, 5.74) is 1.83. The van der Waals surface area contributed by atoms with Gasteiger partial charge < -0.3 is 9.88 Å². The molecule has 0 radical (unpaired) electrons. The van der Waals surface area contributed by atoms with Crippen molar-refractivity contribution in [3.63, 3.8) is 0 Å². The van der Waals surface area contributed by atoms with Crippen LogP contribution in [0.15, 0.2) is 43.0 Å². The highest BCUT2D eigenvalue weighted by Gasteiger charge is 2.16. The normalized spacial score (nSPS) is 12.1. The van der Waals surface area contributed by atoms with Crippen LogP contribution in [0.1, 0.15) is 37.3 Å². The zero-order valence-electron chi connectivity index (χ0n) is 14.3. The molecule has 3 heterocycles. The summed E-state index contributed by atoms with van der Waals surface area (Å²) in [4.78, 5) is 17.8. The van der Waals surface area contributed by atoms with Crippen LogP contribution < -0.4 is 5.32 Å². The van der Waals surface area contributed by atoms with Crippen LogP contribution in [0.5, 0.6) is 0 Å². The van der Waals surface area contributed by atoms with Crippen LogP contribution in [0.4, 0.5) is 5.82 Å². The van der Waals surface area contributed by atoms with Gasteiger partial charge in [-0.2, -0.15) is 0 Å². The number of anilines is 1. The Morgan fingerprint density at radius 3 is 2.79 bits per heavy atom. The minimum atomic E-state index is 0.117. The van der Waals surface area contributed by atoms with Crippen LogP contribution in [0, 0.1) is 6.92 Å². The first-order chi connectivity index (χ1) is 11.7. The van der Waals surface area contributed by atoms with E-state index in [1.165, 1.54) is 0 Å². The van der Waals surface area contributed by atoms with E-state index in [-0.39, 0.29) is 6.04 Å². The predicted octanol–water partition coefficient (Wildman–Crippen LogP) is 3.53. The minimum Gasteiger partial charge on any atom is -0.360 e. The number of nitrogens with zero attached hydrogens (tertiary/aromatic N) is 5. The van der Waals surface area contributed by atoms with Gasteiger partial charge in [-0.15, -0.1) is 0 Å². The summed E-state index contributed by atoms with van der Waals surface area (Å²) in [7, 11) is 2.01. The molecule has 0 aromatic carbocycles. The molecular weight excluding hydrogens is 300 g/mol. The molecule has 124 valence electrons. The number of hydrogen-bond donors (Lipinski definition) is 1. The fourth-order valence-electron chi connectivity index (χ4n) is 2.71. The Bertz CT molecular complexity index is 796. The molecule has 1 N–H and O–H groups in total. The Hall–Kier alpha value is -2.76. The maximum absolute atomic E-state index is 4.67. The second-order valence-electron chi connectivity index (χ2n) is 5.84. The molecule has 6 heteroatoms. The van der Waals surface area contributed by atoms with Crippen LogP contribution >= 0.6 is 0 Å². The zero-order chi connectivity index (χ0) is 16.9. The molecule has 3 aromatic rings. The number of aromatic nitrogens is 5. The van der Waals surface area contributed by atoms with E-state index < -0.39 is 0 Å². The van der Waals surface area contributed by atoms with Gasteiger partial charge in [0.05, 0.1) is 6.04 Å². The molecule has 0 saturated carbocycles. The third-order valence-electron chi connectivity index (χ3n) is 3.84. The van der Waals surface area contributed by atoms with Crippen molar-refractivity contribution in [1.82, 2.24) is 24.5 Å². The topological polar surface area (TPSA) is 68.5 Å². The standard InChI is InChI=1S/C18H22N6/c1-4-6-15(18-20-9-10-24(18)3)22-16-11-13(2)21-17(23-16)14-7-5-8-19-12-14/h5,7-12,15H,4,6H2,1-3H3,(H,21,22,23)/t15-/m0/s1. The van der Waals surface area contributed by atoms with Gasteiger partial charge in [0.1, 0.15) is 11.6 Å². The van der Waals surface area contributed by atoms with Gasteiger partial charge in [0.25, 0.3) is 0 Å². The van der Waals surface area contributed by atoms with Crippen molar-refractivity contribution < 1.29 is 0 Å². The third-order valence-corrected chi connectivity index (χ3v) is 3.84. The highest BCUT2D eigenvalue weighted by atomic mass is 15.1. The number of nitrogens with one attached hydrogen (secondary N) is 1. The van der Waals surface area contributed by atoms with E-state index in [4.69, 9.17) is 0 Å². The largest absolute Gasteiger partial charge is 0.360 e. The van der Waals surface area contributed by atoms with Crippen molar-refractivity contribution in [3.8, 4) is 11.4 Å². The fraction of sp³-hybridized carbons (Fsp3) is 0.333. The van der Waals surface area contributed by atoms with Crippen molar-refractivity contribution in [2.24, 2.45) is 7.05 Å². The van der Waals surface area contributed by atoms with E-state index in [9.17, 15) is 0 Å². The highest BCUT2D eigenvalue weighted by Crippen LogP contribution is 2.23. The van der Waals surface area contributed by atoms with Crippen molar-refractivity contribution in [1.29, 1.82) is 0 Å². The molecule has 0 bridgehead atoms. The van der Waals surface area contributed by atoms with Crippen molar-refractivity contribution in [2.75, 3.05) is 5.32 Å². The SMILES string of the molecule is CCC[C@H](Nc1cc(C)nc(-c2cccnc2)n1)c1nccn1C. The molecule has 0 aliphatic carbocycles. The van der Waals surface area contributed by atoms with E-state index in [0.29, 0.717) is 5.82 Å². The molecule has 0 spiro atoms. The van der Waals surface area contributed by atoms with Gasteiger partial charge >= 0.3 is 0 Å². The van der Waals surface area contributed by atoms with Gasteiger partial charge in [-0.25, -0.2) is 15.0 Å². The Balaban J connectivity index is 1.91. The Morgan fingerprint density at radius 2 is 2.12 bits per heavy atom. The summed E-state index contributed by atoms with van der Waals surface area (Å²) >= 11 is 0. The summed E-state index contributed by atoms with van der Waals surface area (Å²) in [6.45, 7) is 4.15. The summed E-state index contributed by atoms with van der Waals surface area (Å²) in [6.07, 6.45) is 9.36. The van der Waals surface area contributed by atoms with Gasteiger partial charge in [-0.05, 0) is 25.5 Å². The average Bonchev–Trinajstić information content (AvgIpc) is 3.01. The second kappa shape index (κ2) is 7.21. The molecule has 3 aromatic heterocycles. The van der Waals surface area contributed by atoms with Crippen molar-refractivity contribution in [2.45, 2.75) is 32.7 Å². The first-order valence-electron chi connectivity index (χ1n) is 8.17. The van der Waals surface area contributed by atoms with Crippen LogP contribution in [0.25, 0.3) is 11.4 Å². The van der Waals surface area contributed by atoms with E-state index >= 15 is 0 Å². The smallest absolute Gasteiger partial charge is 0.163 e. The lowest BCUT2D eigenvalue weighted by Crippen LogP contribution is -2.16. The first-order valence-corrected chi connectivity index (χ1v) is 8.17. The van der Waals surface area contributed by atoms with Gasteiger partial charge in [-0.1, -0.05) is 13.3 Å². The second-order valence-corrected chi connectivity index (χ2v) is 5.84. The van der Waals surface area contributed by atoms with Gasteiger partial charge in [-0.3, -0.25) is 4.98 Å². The lowest BCUT2D eigenvalue weighted by atomic mass is 10.1. The molecule has 0 aliphatic heterocycles. The summed E-state index contributed by atoms with van der Waals surface area (Å²) in [6, 6.07) is 5.94. The lowest BCUT2D eigenvalue weighted by molar-refractivity contribution is 0.611. The fourth-order valence-corrected chi connectivity index (χ4v) is 2.71. The average molecular weight is 322 g/mol. The summed E-state index contributed by atoms with van der Waals surface area (Å²) < 4.78 is 2.05. The third kappa shape index (κ3) is 3.59. The molecule has 0 unspecified atom stereocenters. The number of aryl methyl sites for hydroxylation is 2. The summed E-state index contributed by atoms with van der Waals surface area (Å²) in [5, 5.41) is 3.52. The number of hydrogen-bond acceptors (Lipinski definition) is 5. The van der Waals surface area contributed by atoms with Gasteiger partial charge in [0.15, 0.2) is 5.82 Å². The molecule has 0 fully saturated rings. The minimum absolute atomic E-state index is 0.117. The van der Waals surface area contributed by atoms with Crippen molar-refractivity contribution in [3.05, 3.63) is 54.5 Å². The molecule has 24 heavy (non-hydrogen) atoms. The Labute approximate surface area is 142 Å². The molecule has 0 saturated heterocycles. The van der Waals surface area contributed by atoms with E-state index in [1.54, 1.807) is 12.4 Å². The number of pyridine rings is 1. The molecule has 6 nitrogen and oxygen atoms in total. The maximum Gasteiger partial charge on any atom is 0.163 e. The van der Waals surface area contributed by atoms with E-state index in [0.717, 1.165) is 35.7 Å². The molecular formula is C18H22N6. The first kappa shape index (κ1) is 16.1. The lowest BCUT2D eigenvalue weighted by Gasteiger charge is -2.19. The molecule has 0 aliphatic rings. The monoisotopic (exact) mass is 322 g/mol. The van der Waals surface area contributed by atoms with Gasteiger partial charge in [0.2, 0.25) is 0 Å². The van der Waals surface area contributed by atoms with E-state index in [2.05, 4.69) is 32.2 Å². The Kier molecular flexibility index (Phi) is 4.84. The van der Waals surface area contributed by atoms with Crippen LogP contribution in [-0.2, 0) is 7.05 Å².